The fourth-order valence-corrected chi connectivity index (χ4v) is 3.59. The third kappa shape index (κ3) is 1.52. The fourth-order valence-electron chi connectivity index (χ4n) is 3.59. The molecule has 3 unspecified atom stereocenters. The Morgan fingerprint density at radius 3 is 2.80 bits per heavy atom. The third-order valence-electron chi connectivity index (χ3n) is 4.69. The molecule has 0 aromatic heterocycles. The summed E-state index contributed by atoms with van der Waals surface area (Å²) in [4.78, 5) is 0. The van der Waals surface area contributed by atoms with Gasteiger partial charge in [-0.3, -0.25) is 0 Å². The summed E-state index contributed by atoms with van der Waals surface area (Å²) in [5.74, 6) is 0.419. The van der Waals surface area contributed by atoms with Crippen LogP contribution < -0.4 is 5.73 Å². The van der Waals surface area contributed by atoms with Crippen LogP contribution in [0, 0.1) is 11.3 Å². The van der Waals surface area contributed by atoms with Gasteiger partial charge < -0.3 is 15.6 Å². The lowest BCUT2D eigenvalue weighted by Crippen LogP contribution is -2.55. The highest BCUT2D eigenvalue weighted by atomic mass is 16.5. The SMILES string of the molecule is CCC1CCCC1(O)C1(CN)CCOC1. The van der Waals surface area contributed by atoms with Crippen molar-refractivity contribution in [2.24, 2.45) is 17.1 Å². The van der Waals surface area contributed by atoms with Gasteiger partial charge in [-0.25, -0.2) is 0 Å². The standard InChI is InChI=1S/C12H23NO2/c1-2-10-4-3-5-12(10,14)11(8-13)6-7-15-9-11/h10,14H,2-9,13H2,1H3. The van der Waals surface area contributed by atoms with Crippen molar-refractivity contribution < 1.29 is 9.84 Å². The lowest BCUT2D eigenvalue weighted by atomic mass is 9.65. The van der Waals surface area contributed by atoms with Gasteiger partial charge in [-0.15, -0.1) is 0 Å². The third-order valence-corrected chi connectivity index (χ3v) is 4.69. The maximum absolute atomic E-state index is 10.9. The van der Waals surface area contributed by atoms with Crippen LogP contribution in [0.25, 0.3) is 0 Å². The molecule has 3 N–H and O–H groups in total. The molecule has 0 bridgehead atoms. The second-order valence-electron chi connectivity index (χ2n) is 5.21. The number of nitrogens with two attached hydrogens (primary N) is 1. The number of aliphatic hydroxyl groups is 1. The number of hydrogen-bond donors (Lipinski definition) is 2. The van der Waals surface area contributed by atoms with Crippen LogP contribution in [0.15, 0.2) is 0 Å². The molecule has 1 aliphatic heterocycles. The van der Waals surface area contributed by atoms with Crippen molar-refractivity contribution in [1.82, 2.24) is 0 Å². The van der Waals surface area contributed by atoms with E-state index in [-0.39, 0.29) is 5.41 Å². The Hall–Kier alpha value is -0.120. The lowest BCUT2D eigenvalue weighted by molar-refractivity contribution is -0.110. The molecule has 0 spiro atoms. The van der Waals surface area contributed by atoms with E-state index in [0.29, 0.717) is 19.1 Å². The Kier molecular flexibility index (Phi) is 3.06. The number of hydrogen-bond acceptors (Lipinski definition) is 3. The Morgan fingerprint density at radius 1 is 1.47 bits per heavy atom. The second kappa shape index (κ2) is 4.04. The minimum absolute atomic E-state index is 0.163. The summed E-state index contributed by atoms with van der Waals surface area (Å²) in [6.07, 6.45) is 5.17. The Labute approximate surface area is 92.0 Å². The lowest BCUT2D eigenvalue weighted by Gasteiger charge is -2.45. The van der Waals surface area contributed by atoms with Crippen molar-refractivity contribution in [3.63, 3.8) is 0 Å². The van der Waals surface area contributed by atoms with Crippen LogP contribution in [0.4, 0.5) is 0 Å². The summed E-state index contributed by atoms with van der Waals surface area (Å²) in [5, 5.41) is 10.9. The summed E-state index contributed by atoms with van der Waals surface area (Å²) < 4.78 is 5.48. The molecule has 3 heteroatoms. The van der Waals surface area contributed by atoms with E-state index in [4.69, 9.17) is 10.5 Å². The molecule has 1 heterocycles. The van der Waals surface area contributed by atoms with Gasteiger partial charge in [-0.2, -0.15) is 0 Å². The van der Waals surface area contributed by atoms with E-state index in [9.17, 15) is 5.11 Å². The highest BCUT2D eigenvalue weighted by Crippen LogP contribution is 2.52. The summed E-state index contributed by atoms with van der Waals surface area (Å²) >= 11 is 0. The van der Waals surface area contributed by atoms with Crippen molar-refractivity contribution in [1.29, 1.82) is 0 Å². The average molecular weight is 213 g/mol. The number of rotatable bonds is 3. The molecule has 0 aromatic rings. The summed E-state index contributed by atoms with van der Waals surface area (Å²) in [7, 11) is 0. The van der Waals surface area contributed by atoms with E-state index < -0.39 is 5.60 Å². The van der Waals surface area contributed by atoms with E-state index in [0.717, 1.165) is 38.7 Å². The van der Waals surface area contributed by atoms with Crippen molar-refractivity contribution in [3.8, 4) is 0 Å². The van der Waals surface area contributed by atoms with Crippen LogP contribution in [0.5, 0.6) is 0 Å². The molecular formula is C12H23NO2. The largest absolute Gasteiger partial charge is 0.389 e. The van der Waals surface area contributed by atoms with Crippen molar-refractivity contribution in [3.05, 3.63) is 0 Å². The van der Waals surface area contributed by atoms with Gasteiger partial charge in [0.25, 0.3) is 0 Å². The molecule has 1 saturated heterocycles. The molecule has 15 heavy (non-hydrogen) atoms. The van der Waals surface area contributed by atoms with Gasteiger partial charge in [0.1, 0.15) is 0 Å². The number of ether oxygens (including phenoxy) is 1. The predicted octanol–water partition coefficient (Wildman–Crippen LogP) is 1.29. The van der Waals surface area contributed by atoms with E-state index in [1.54, 1.807) is 0 Å². The fraction of sp³-hybridized carbons (Fsp3) is 1.00. The maximum atomic E-state index is 10.9. The highest BCUT2D eigenvalue weighted by Gasteiger charge is 2.56. The molecule has 88 valence electrons. The minimum Gasteiger partial charge on any atom is -0.389 e. The molecule has 2 fully saturated rings. The molecule has 1 aliphatic carbocycles. The van der Waals surface area contributed by atoms with Gasteiger partial charge >= 0.3 is 0 Å². The van der Waals surface area contributed by atoms with Gasteiger partial charge in [-0.05, 0) is 25.2 Å². The first-order valence-corrected chi connectivity index (χ1v) is 6.19. The Balaban J connectivity index is 2.25. The molecule has 0 amide bonds. The molecule has 3 atom stereocenters. The normalized spacial score (nSPS) is 46.2. The van der Waals surface area contributed by atoms with Gasteiger partial charge in [-0.1, -0.05) is 19.8 Å². The summed E-state index contributed by atoms with van der Waals surface area (Å²) in [6.45, 7) is 4.13. The Morgan fingerprint density at radius 2 is 2.27 bits per heavy atom. The molecule has 1 saturated carbocycles. The van der Waals surface area contributed by atoms with Crippen molar-refractivity contribution in [2.75, 3.05) is 19.8 Å². The van der Waals surface area contributed by atoms with E-state index in [1.807, 2.05) is 0 Å². The average Bonchev–Trinajstić information content (AvgIpc) is 2.85. The molecule has 0 aromatic carbocycles. The first kappa shape index (κ1) is 11.4. The predicted molar refractivity (Wildman–Crippen MR) is 59.5 cm³/mol. The maximum Gasteiger partial charge on any atom is 0.0766 e. The molecule has 3 nitrogen and oxygen atoms in total. The summed E-state index contributed by atoms with van der Waals surface area (Å²) in [6, 6.07) is 0. The summed E-state index contributed by atoms with van der Waals surface area (Å²) in [5.41, 5.74) is 5.19. The molecule has 2 aliphatic rings. The van der Waals surface area contributed by atoms with E-state index >= 15 is 0 Å². The highest BCUT2D eigenvalue weighted by molar-refractivity contribution is 5.07. The monoisotopic (exact) mass is 213 g/mol. The van der Waals surface area contributed by atoms with Crippen LogP contribution in [-0.4, -0.2) is 30.5 Å². The van der Waals surface area contributed by atoms with Gasteiger partial charge in [0, 0.05) is 18.6 Å². The van der Waals surface area contributed by atoms with Crippen LogP contribution in [0.3, 0.4) is 0 Å². The molecular weight excluding hydrogens is 190 g/mol. The zero-order chi connectivity index (χ0) is 10.9. The first-order valence-electron chi connectivity index (χ1n) is 6.19. The topological polar surface area (TPSA) is 55.5 Å². The van der Waals surface area contributed by atoms with Crippen LogP contribution in [-0.2, 0) is 4.74 Å². The second-order valence-corrected chi connectivity index (χ2v) is 5.21. The van der Waals surface area contributed by atoms with Crippen molar-refractivity contribution in [2.45, 2.75) is 44.6 Å². The van der Waals surface area contributed by atoms with E-state index in [2.05, 4.69) is 6.92 Å². The van der Waals surface area contributed by atoms with Crippen LogP contribution >= 0.6 is 0 Å². The van der Waals surface area contributed by atoms with E-state index in [1.165, 1.54) is 0 Å². The van der Waals surface area contributed by atoms with Gasteiger partial charge in [0.2, 0.25) is 0 Å². The zero-order valence-electron chi connectivity index (χ0n) is 9.67. The quantitative estimate of drug-likeness (QED) is 0.743. The van der Waals surface area contributed by atoms with Crippen LogP contribution in [0.2, 0.25) is 0 Å². The van der Waals surface area contributed by atoms with Gasteiger partial charge in [0.15, 0.2) is 0 Å². The minimum atomic E-state index is -0.562. The van der Waals surface area contributed by atoms with Gasteiger partial charge in [0.05, 0.1) is 12.2 Å². The first-order chi connectivity index (χ1) is 7.18. The Bertz CT molecular complexity index is 226. The zero-order valence-corrected chi connectivity index (χ0v) is 9.67. The molecule has 0 radical (unpaired) electrons. The smallest absolute Gasteiger partial charge is 0.0766 e. The van der Waals surface area contributed by atoms with Crippen LogP contribution in [0.1, 0.15) is 39.0 Å². The van der Waals surface area contributed by atoms with Crippen molar-refractivity contribution >= 4 is 0 Å². The molecule has 2 rings (SSSR count).